The zero-order valence-corrected chi connectivity index (χ0v) is 9.99. The van der Waals surface area contributed by atoms with Crippen molar-refractivity contribution < 1.29 is 9.90 Å². The van der Waals surface area contributed by atoms with E-state index < -0.39 is 5.60 Å². The summed E-state index contributed by atoms with van der Waals surface area (Å²) in [4.78, 5) is 15.5. The minimum atomic E-state index is -0.771. The Balaban J connectivity index is 2.46. The maximum Gasteiger partial charge on any atom is 0.225 e. The molecule has 1 saturated heterocycles. The Morgan fingerprint density at radius 3 is 2.47 bits per heavy atom. The second-order valence-corrected chi connectivity index (χ2v) is 4.61. The summed E-state index contributed by atoms with van der Waals surface area (Å²) in [6, 6.07) is 0. The lowest BCUT2D eigenvalue weighted by molar-refractivity contribution is -0.136. The largest absolute Gasteiger partial charge is 0.389 e. The molecule has 0 radical (unpaired) electrons. The summed E-state index contributed by atoms with van der Waals surface area (Å²) >= 11 is 0. The van der Waals surface area contributed by atoms with Crippen molar-refractivity contribution >= 4 is 5.91 Å². The van der Waals surface area contributed by atoms with Crippen molar-refractivity contribution in [3.05, 3.63) is 0 Å². The molecule has 0 unspecified atom stereocenters. The second kappa shape index (κ2) is 4.94. The van der Waals surface area contributed by atoms with Crippen LogP contribution in [0.25, 0.3) is 0 Å². The van der Waals surface area contributed by atoms with Crippen molar-refractivity contribution in [2.45, 2.75) is 31.8 Å². The van der Waals surface area contributed by atoms with Crippen LogP contribution >= 0.6 is 0 Å². The molecule has 1 aliphatic rings. The number of carbonyl (C=O) groups is 1. The van der Waals surface area contributed by atoms with Gasteiger partial charge in [-0.3, -0.25) is 4.79 Å². The second-order valence-electron chi connectivity index (χ2n) is 4.61. The van der Waals surface area contributed by atoms with Crippen molar-refractivity contribution in [1.82, 2.24) is 9.80 Å². The SMILES string of the molecule is CCN(C)C(=O)CC1(O)CCN(C)CC1. The van der Waals surface area contributed by atoms with Gasteiger partial charge in [-0.25, -0.2) is 0 Å². The number of piperidine rings is 1. The topological polar surface area (TPSA) is 43.8 Å². The summed E-state index contributed by atoms with van der Waals surface area (Å²) in [6.07, 6.45) is 1.67. The van der Waals surface area contributed by atoms with Gasteiger partial charge in [-0.2, -0.15) is 0 Å². The molecule has 0 spiro atoms. The van der Waals surface area contributed by atoms with E-state index >= 15 is 0 Å². The average Bonchev–Trinajstić information content (AvgIpc) is 2.21. The fourth-order valence-electron chi connectivity index (χ4n) is 1.80. The zero-order chi connectivity index (χ0) is 11.5. The summed E-state index contributed by atoms with van der Waals surface area (Å²) in [5.41, 5.74) is -0.771. The monoisotopic (exact) mass is 214 g/mol. The molecule has 1 aliphatic heterocycles. The smallest absolute Gasteiger partial charge is 0.225 e. The van der Waals surface area contributed by atoms with E-state index in [0.29, 0.717) is 19.4 Å². The van der Waals surface area contributed by atoms with Crippen LogP contribution in [0.15, 0.2) is 0 Å². The van der Waals surface area contributed by atoms with Crippen molar-refractivity contribution in [2.24, 2.45) is 0 Å². The first kappa shape index (κ1) is 12.5. The summed E-state index contributed by atoms with van der Waals surface area (Å²) < 4.78 is 0. The van der Waals surface area contributed by atoms with Crippen LogP contribution in [0.2, 0.25) is 0 Å². The third-order valence-electron chi connectivity index (χ3n) is 3.30. The highest BCUT2D eigenvalue weighted by atomic mass is 16.3. The molecule has 0 aromatic heterocycles. The van der Waals surface area contributed by atoms with Crippen LogP contribution in [0.5, 0.6) is 0 Å². The van der Waals surface area contributed by atoms with Crippen LogP contribution in [0.3, 0.4) is 0 Å². The molecule has 0 aromatic carbocycles. The van der Waals surface area contributed by atoms with E-state index in [4.69, 9.17) is 0 Å². The van der Waals surface area contributed by atoms with E-state index in [1.165, 1.54) is 0 Å². The van der Waals surface area contributed by atoms with Gasteiger partial charge in [0.15, 0.2) is 0 Å². The molecule has 1 N–H and O–H groups in total. The first-order valence-corrected chi connectivity index (χ1v) is 5.62. The van der Waals surface area contributed by atoms with E-state index in [-0.39, 0.29) is 12.3 Å². The van der Waals surface area contributed by atoms with Gasteiger partial charge >= 0.3 is 0 Å². The summed E-state index contributed by atoms with van der Waals surface area (Å²) in [5.74, 6) is 0.0459. The third kappa shape index (κ3) is 3.47. The lowest BCUT2D eigenvalue weighted by Gasteiger charge is -2.36. The van der Waals surface area contributed by atoms with Gasteiger partial charge in [-0.1, -0.05) is 0 Å². The molecule has 0 aliphatic carbocycles. The molecule has 15 heavy (non-hydrogen) atoms. The average molecular weight is 214 g/mol. The van der Waals surface area contributed by atoms with Gasteiger partial charge in [-0.05, 0) is 26.8 Å². The molecule has 0 saturated carbocycles. The fraction of sp³-hybridized carbons (Fsp3) is 0.909. The quantitative estimate of drug-likeness (QED) is 0.735. The van der Waals surface area contributed by atoms with Crippen molar-refractivity contribution in [3.63, 3.8) is 0 Å². The van der Waals surface area contributed by atoms with Crippen molar-refractivity contribution in [2.75, 3.05) is 33.7 Å². The van der Waals surface area contributed by atoms with E-state index in [2.05, 4.69) is 4.90 Å². The first-order chi connectivity index (χ1) is 6.97. The highest BCUT2D eigenvalue weighted by Crippen LogP contribution is 2.25. The number of aliphatic hydroxyl groups is 1. The maximum absolute atomic E-state index is 11.7. The highest BCUT2D eigenvalue weighted by Gasteiger charge is 2.33. The lowest BCUT2D eigenvalue weighted by atomic mass is 9.88. The van der Waals surface area contributed by atoms with Gasteiger partial charge in [0.25, 0.3) is 0 Å². The van der Waals surface area contributed by atoms with Crippen LogP contribution in [-0.4, -0.2) is 60.1 Å². The normalized spacial score (nSPS) is 21.3. The number of hydrogen-bond acceptors (Lipinski definition) is 3. The Morgan fingerprint density at radius 1 is 1.47 bits per heavy atom. The molecule has 1 heterocycles. The Hall–Kier alpha value is -0.610. The van der Waals surface area contributed by atoms with Crippen LogP contribution in [0.1, 0.15) is 26.2 Å². The molecule has 4 heteroatoms. The van der Waals surface area contributed by atoms with E-state index in [0.717, 1.165) is 13.1 Å². The van der Waals surface area contributed by atoms with Gasteiger partial charge in [0.2, 0.25) is 5.91 Å². The predicted molar refractivity (Wildman–Crippen MR) is 59.6 cm³/mol. The maximum atomic E-state index is 11.7. The number of carbonyl (C=O) groups excluding carboxylic acids is 1. The van der Waals surface area contributed by atoms with Crippen molar-refractivity contribution in [1.29, 1.82) is 0 Å². The minimum Gasteiger partial charge on any atom is -0.389 e. The summed E-state index contributed by atoms with van der Waals surface area (Å²) in [6.45, 7) is 4.39. The summed E-state index contributed by atoms with van der Waals surface area (Å²) in [7, 11) is 3.82. The molecular weight excluding hydrogens is 192 g/mol. The number of likely N-dealkylation sites (tertiary alicyclic amines) is 1. The molecule has 4 nitrogen and oxygen atoms in total. The number of amides is 1. The minimum absolute atomic E-state index is 0.0459. The number of rotatable bonds is 3. The fourth-order valence-corrected chi connectivity index (χ4v) is 1.80. The Labute approximate surface area is 91.9 Å². The summed E-state index contributed by atoms with van der Waals surface area (Å²) in [5, 5.41) is 10.2. The zero-order valence-electron chi connectivity index (χ0n) is 9.99. The predicted octanol–water partition coefficient (Wildman–Crippen LogP) is 0.311. The Bertz CT molecular complexity index is 223. The molecule has 88 valence electrons. The van der Waals surface area contributed by atoms with E-state index in [1.54, 1.807) is 11.9 Å². The van der Waals surface area contributed by atoms with E-state index in [9.17, 15) is 9.90 Å². The van der Waals surface area contributed by atoms with Crippen LogP contribution in [0.4, 0.5) is 0 Å². The molecule has 0 bridgehead atoms. The van der Waals surface area contributed by atoms with Gasteiger partial charge in [0, 0.05) is 26.7 Å². The molecule has 0 aromatic rings. The number of hydrogen-bond donors (Lipinski definition) is 1. The lowest BCUT2D eigenvalue weighted by Crippen LogP contribution is -2.46. The molecule has 1 amide bonds. The number of nitrogens with zero attached hydrogens (tertiary/aromatic N) is 2. The standard InChI is InChI=1S/C11H22N2O2/c1-4-13(3)10(14)9-11(15)5-7-12(2)8-6-11/h15H,4-9H2,1-3H3. The highest BCUT2D eigenvalue weighted by molar-refractivity contribution is 5.76. The van der Waals surface area contributed by atoms with Crippen LogP contribution in [-0.2, 0) is 4.79 Å². The Morgan fingerprint density at radius 2 is 2.00 bits per heavy atom. The van der Waals surface area contributed by atoms with Crippen molar-refractivity contribution in [3.8, 4) is 0 Å². The van der Waals surface area contributed by atoms with Gasteiger partial charge in [0.05, 0.1) is 12.0 Å². The third-order valence-corrected chi connectivity index (χ3v) is 3.30. The van der Waals surface area contributed by atoms with Gasteiger partial charge < -0.3 is 14.9 Å². The van der Waals surface area contributed by atoms with Crippen LogP contribution < -0.4 is 0 Å². The van der Waals surface area contributed by atoms with Gasteiger partial charge in [0.1, 0.15) is 0 Å². The van der Waals surface area contributed by atoms with Gasteiger partial charge in [-0.15, -0.1) is 0 Å². The molecule has 0 atom stereocenters. The van der Waals surface area contributed by atoms with E-state index in [1.807, 2.05) is 14.0 Å². The first-order valence-electron chi connectivity index (χ1n) is 5.62. The Kier molecular flexibility index (Phi) is 4.11. The van der Waals surface area contributed by atoms with Crippen LogP contribution in [0, 0.1) is 0 Å². The molecule has 1 rings (SSSR count). The molecule has 1 fully saturated rings. The molecular formula is C11H22N2O2.